The van der Waals surface area contributed by atoms with E-state index in [1.807, 2.05) is 6.07 Å². The maximum atomic E-state index is 6.06. The third-order valence-electron chi connectivity index (χ3n) is 3.04. The van der Waals surface area contributed by atoms with Crippen LogP contribution in [0.3, 0.4) is 0 Å². The Kier molecular flexibility index (Phi) is 7.16. The molecule has 0 saturated carbocycles. The van der Waals surface area contributed by atoms with Gasteiger partial charge in [-0.15, -0.1) is 0 Å². The molecule has 0 fully saturated rings. The van der Waals surface area contributed by atoms with Crippen molar-refractivity contribution in [1.82, 2.24) is 0 Å². The second kappa shape index (κ2) is 8.17. The molecule has 1 rings (SSSR count). The Morgan fingerprint density at radius 3 is 2.09 bits per heavy atom. The molecular weight excluding hydrogens is 308 g/mol. The summed E-state index contributed by atoms with van der Waals surface area (Å²) < 4.78 is 17.4. The summed E-state index contributed by atoms with van der Waals surface area (Å²) in [5.74, 6) is 1.71. The lowest BCUT2D eigenvalue weighted by atomic mass is 10.1. The molecule has 0 bridgehead atoms. The number of hydrogen-bond donors (Lipinski definition) is 0. The monoisotopic (exact) mass is 340 g/mol. The van der Waals surface area contributed by atoms with E-state index < -0.39 is 16.6 Å². The molecule has 22 heavy (non-hydrogen) atoms. The summed E-state index contributed by atoms with van der Waals surface area (Å²) in [6, 6.07) is 6.30. The van der Waals surface area contributed by atoms with E-state index in [-0.39, 0.29) is 0 Å². The second-order valence-electron chi connectivity index (χ2n) is 7.62. The fraction of sp³-hybridized carbons (Fsp3) is 0.647. The van der Waals surface area contributed by atoms with E-state index in [9.17, 15) is 0 Å². The van der Waals surface area contributed by atoms with E-state index >= 15 is 0 Å². The summed E-state index contributed by atoms with van der Waals surface area (Å²) in [6.07, 6.45) is 3.31. The van der Waals surface area contributed by atoms with Crippen LogP contribution in [0.25, 0.3) is 0 Å². The van der Waals surface area contributed by atoms with Gasteiger partial charge < -0.3 is 13.6 Å². The Balaban J connectivity index is 2.52. The molecule has 126 valence electrons. The number of aryl methyl sites for hydroxylation is 1. The highest BCUT2D eigenvalue weighted by molar-refractivity contribution is 6.70. The number of rotatable bonds is 9. The van der Waals surface area contributed by atoms with Crippen LogP contribution in [0.15, 0.2) is 18.2 Å². The van der Waals surface area contributed by atoms with Crippen molar-refractivity contribution in [3.63, 3.8) is 0 Å². The van der Waals surface area contributed by atoms with Crippen molar-refractivity contribution in [3.05, 3.63) is 23.8 Å². The molecule has 0 amide bonds. The Hall–Kier alpha value is -0.786. The molecular formula is C17H32O3Si2. The number of benzene rings is 1. The van der Waals surface area contributed by atoms with Crippen molar-refractivity contribution in [3.8, 4) is 11.5 Å². The van der Waals surface area contributed by atoms with Crippen LogP contribution in [-0.4, -0.2) is 30.4 Å². The van der Waals surface area contributed by atoms with Crippen LogP contribution in [0, 0.1) is 0 Å². The summed E-state index contributed by atoms with van der Waals surface area (Å²) in [5, 5.41) is 0. The first-order chi connectivity index (χ1) is 10.1. The van der Waals surface area contributed by atoms with Gasteiger partial charge in [0.1, 0.15) is 5.75 Å². The Morgan fingerprint density at radius 1 is 0.864 bits per heavy atom. The fourth-order valence-corrected chi connectivity index (χ4v) is 3.68. The van der Waals surface area contributed by atoms with Crippen LogP contribution >= 0.6 is 0 Å². The number of unbranched alkanes of at least 4 members (excludes halogenated alkanes) is 1. The van der Waals surface area contributed by atoms with Crippen molar-refractivity contribution in [2.24, 2.45) is 0 Å². The maximum absolute atomic E-state index is 6.06. The Morgan fingerprint density at radius 2 is 1.55 bits per heavy atom. The van der Waals surface area contributed by atoms with Crippen LogP contribution in [0.2, 0.25) is 39.3 Å². The molecule has 0 N–H and O–H groups in total. The van der Waals surface area contributed by atoms with Crippen LogP contribution in [0.1, 0.15) is 18.4 Å². The highest BCUT2D eigenvalue weighted by Crippen LogP contribution is 2.30. The molecule has 3 nitrogen and oxygen atoms in total. The molecule has 0 saturated heterocycles. The van der Waals surface area contributed by atoms with E-state index in [4.69, 9.17) is 13.6 Å². The predicted molar refractivity (Wildman–Crippen MR) is 99.2 cm³/mol. The van der Waals surface area contributed by atoms with Gasteiger partial charge in [-0.25, -0.2) is 0 Å². The molecule has 0 spiro atoms. The summed E-state index contributed by atoms with van der Waals surface area (Å²) in [4.78, 5) is 0. The third kappa shape index (κ3) is 8.01. The minimum absolute atomic E-state index is 0.846. The van der Waals surface area contributed by atoms with Crippen LogP contribution < -0.4 is 9.16 Å². The zero-order valence-electron chi connectivity index (χ0n) is 15.3. The molecule has 0 radical (unpaired) electrons. The molecule has 0 aliphatic rings. The van der Waals surface area contributed by atoms with Crippen molar-refractivity contribution in [1.29, 1.82) is 0 Å². The van der Waals surface area contributed by atoms with E-state index in [0.29, 0.717) is 0 Å². The lowest BCUT2D eigenvalue weighted by Crippen LogP contribution is -2.29. The Bertz CT molecular complexity index is 462. The van der Waals surface area contributed by atoms with Gasteiger partial charge in [0, 0.05) is 6.61 Å². The topological polar surface area (TPSA) is 27.7 Å². The van der Waals surface area contributed by atoms with Gasteiger partial charge in [0.25, 0.3) is 0 Å². The van der Waals surface area contributed by atoms with Crippen molar-refractivity contribution >= 4 is 16.6 Å². The molecule has 1 aromatic rings. The third-order valence-corrected chi connectivity index (χ3v) is 4.94. The van der Waals surface area contributed by atoms with Crippen LogP contribution in [-0.2, 0) is 10.8 Å². The molecule has 5 heteroatoms. The molecule has 0 aliphatic carbocycles. The van der Waals surface area contributed by atoms with Crippen molar-refractivity contribution < 1.29 is 13.6 Å². The normalized spacial score (nSPS) is 12.3. The largest absolute Gasteiger partial charge is 0.542 e. The van der Waals surface area contributed by atoms with E-state index in [2.05, 4.69) is 51.4 Å². The lowest BCUT2D eigenvalue weighted by molar-refractivity contribution is 0.301. The van der Waals surface area contributed by atoms with E-state index in [1.165, 1.54) is 5.56 Å². The minimum atomic E-state index is -1.61. The predicted octanol–water partition coefficient (Wildman–Crippen LogP) is 5.08. The van der Waals surface area contributed by atoms with Gasteiger partial charge in [-0.3, -0.25) is 0 Å². The summed E-state index contributed by atoms with van der Waals surface area (Å²) >= 11 is 0. The first kappa shape index (κ1) is 19.3. The van der Waals surface area contributed by atoms with Gasteiger partial charge in [0.15, 0.2) is 14.1 Å². The average molecular weight is 341 g/mol. The molecule has 0 unspecified atom stereocenters. The minimum Gasteiger partial charge on any atom is -0.542 e. The number of ether oxygens (including phenoxy) is 1. The van der Waals surface area contributed by atoms with Gasteiger partial charge in [0.05, 0.1) is 7.11 Å². The SMILES string of the molecule is COc1cc(CCCCO[Si](C)(C)C)ccc1O[Si](C)(C)C. The van der Waals surface area contributed by atoms with Crippen LogP contribution in [0.5, 0.6) is 11.5 Å². The van der Waals surface area contributed by atoms with Gasteiger partial charge in [-0.05, 0) is 76.2 Å². The Labute approximate surface area is 138 Å². The first-order valence-corrected chi connectivity index (χ1v) is 14.9. The van der Waals surface area contributed by atoms with Crippen molar-refractivity contribution in [2.45, 2.75) is 58.5 Å². The van der Waals surface area contributed by atoms with E-state index in [1.54, 1.807) is 7.11 Å². The second-order valence-corrected chi connectivity index (χ2v) is 16.6. The van der Waals surface area contributed by atoms with Gasteiger partial charge in [-0.1, -0.05) is 6.07 Å². The maximum Gasteiger partial charge on any atom is 0.242 e. The standard InChI is InChI=1S/C17H32O3Si2/c1-18-17-14-15(10-8-9-13-19-21(2,3)4)11-12-16(17)20-22(5,6)7/h11-12,14H,8-10,13H2,1-7H3. The lowest BCUT2D eigenvalue weighted by Gasteiger charge is -2.21. The quantitative estimate of drug-likeness (QED) is 0.463. The summed E-state index contributed by atoms with van der Waals surface area (Å²) in [6.45, 7) is 14.1. The van der Waals surface area contributed by atoms with Gasteiger partial charge in [0.2, 0.25) is 8.32 Å². The summed E-state index contributed by atoms with van der Waals surface area (Å²) in [5.41, 5.74) is 1.30. The molecule has 0 aromatic heterocycles. The highest BCUT2D eigenvalue weighted by Gasteiger charge is 2.19. The molecule has 0 aliphatic heterocycles. The average Bonchev–Trinajstić information content (AvgIpc) is 2.36. The molecule has 1 aromatic carbocycles. The van der Waals surface area contributed by atoms with Gasteiger partial charge >= 0.3 is 0 Å². The first-order valence-electron chi connectivity index (χ1n) is 8.11. The molecule has 0 atom stereocenters. The fourth-order valence-electron chi connectivity index (χ4n) is 2.09. The van der Waals surface area contributed by atoms with Crippen molar-refractivity contribution in [2.75, 3.05) is 13.7 Å². The van der Waals surface area contributed by atoms with Crippen LogP contribution in [0.4, 0.5) is 0 Å². The number of hydrogen-bond acceptors (Lipinski definition) is 3. The molecule has 0 heterocycles. The summed E-state index contributed by atoms with van der Waals surface area (Å²) in [7, 11) is -1.27. The zero-order valence-corrected chi connectivity index (χ0v) is 17.3. The van der Waals surface area contributed by atoms with E-state index in [0.717, 1.165) is 37.4 Å². The highest BCUT2D eigenvalue weighted by atomic mass is 28.4. The van der Waals surface area contributed by atoms with Gasteiger partial charge in [-0.2, -0.15) is 0 Å². The smallest absolute Gasteiger partial charge is 0.242 e. The zero-order chi connectivity index (χ0) is 16.8. The number of methoxy groups -OCH3 is 1.